The molecule has 0 bridgehead atoms. The molecule has 0 amide bonds. The third-order valence-corrected chi connectivity index (χ3v) is 4.98. The molecule has 0 saturated heterocycles. The molecule has 0 fully saturated rings. The van der Waals surface area contributed by atoms with Gasteiger partial charge in [0.15, 0.2) is 5.78 Å². The van der Waals surface area contributed by atoms with Crippen molar-refractivity contribution < 1.29 is 27.9 Å². The van der Waals surface area contributed by atoms with Crippen LogP contribution >= 0.6 is 23.2 Å². The maximum atomic E-state index is 13.6. The van der Waals surface area contributed by atoms with Crippen molar-refractivity contribution in [3.05, 3.63) is 63.4 Å². The summed E-state index contributed by atoms with van der Waals surface area (Å²) in [5, 5.41) is 9.38. The van der Waals surface area contributed by atoms with Gasteiger partial charge in [-0.3, -0.25) is 4.79 Å². The lowest BCUT2D eigenvalue weighted by atomic mass is 9.81. The third-order valence-electron chi connectivity index (χ3n) is 4.11. The maximum Gasteiger partial charge on any atom is 0.419 e. The van der Waals surface area contributed by atoms with Crippen LogP contribution in [0.5, 0.6) is 0 Å². The molecule has 1 atom stereocenters. The predicted octanol–water partition coefficient (Wildman–Crippen LogP) is 4.66. The van der Waals surface area contributed by atoms with Crippen molar-refractivity contribution in [1.29, 1.82) is 0 Å². The summed E-state index contributed by atoms with van der Waals surface area (Å²) in [4.78, 5) is 23.8. The Bertz CT molecular complexity index is 949. The van der Waals surface area contributed by atoms with E-state index in [9.17, 15) is 22.8 Å². The van der Waals surface area contributed by atoms with Gasteiger partial charge in [0.1, 0.15) is 10.6 Å². The number of ketones is 1. The van der Waals surface area contributed by atoms with Gasteiger partial charge in [0, 0.05) is 22.7 Å². The van der Waals surface area contributed by atoms with Crippen molar-refractivity contribution in [3.8, 4) is 0 Å². The van der Waals surface area contributed by atoms with E-state index in [1.54, 1.807) is 12.1 Å². The van der Waals surface area contributed by atoms with Crippen molar-refractivity contribution >= 4 is 41.0 Å². The average molecular weight is 404 g/mol. The number of hydrogen-bond acceptors (Lipinski definition) is 2. The minimum Gasteiger partial charge on any atom is -0.477 e. The highest BCUT2D eigenvalue weighted by Crippen LogP contribution is 2.48. The number of alkyl halides is 4. The number of carboxylic acids is 1. The van der Waals surface area contributed by atoms with Crippen molar-refractivity contribution in [2.75, 3.05) is 0 Å². The van der Waals surface area contributed by atoms with Crippen LogP contribution in [0.3, 0.4) is 0 Å². The van der Waals surface area contributed by atoms with Gasteiger partial charge in [-0.25, -0.2) is 4.79 Å². The maximum absolute atomic E-state index is 13.6. The van der Waals surface area contributed by atoms with Gasteiger partial charge in [-0.2, -0.15) is 13.2 Å². The van der Waals surface area contributed by atoms with Gasteiger partial charge < -0.3 is 10.1 Å². The summed E-state index contributed by atoms with van der Waals surface area (Å²) in [5.74, 6) is -2.59. The number of carbonyl (C=O) groups is 2. The fourth-order valence-corrected chi connectivity index (χ4v) is 3.60. The molecule has 1 aromatic heterocycles. The molecule has 1 unspecified atom stereocenters. The molecule has 1 aromatic carbocycles. The summed E-state index contributed by atoms with van der Waals surface area (Å²) in [6.45, 7) is 0. The number of rotatable bonds is 3. The highest BCUT2D eigenvalue weighted by atomic mass is 35.5. The largest absolute Gasteiger partial charge is 0.477 e. The van der Waals surface area contributed by atoms with Crippen molar-refractivity contribution in [2.24, 2.45) is 0 Å². The summed E-state index contributed by atoms with van der Waals surface area (Å²) in [6, 6.07) is 6.29. The van der Waals surface area contributed by atoms with Gasteiger partial charge >= 0.3 is 12.1 Å². The predicted molar refractivity (Wildman–Crippen MR) is 89.5 cm³/mol. The highest BCUT2D eigenvalue weighted by molar-refractivity contribution is 6.39. The Hall–Kier alpha value is -2.25. The van der Waals surface area contributed by atoms with E-state index >= 15 is 0 Å². The zero-order chi connectivity index (χ0) is 19.3. The first-order valence-electron chi connectivity index (χ1n) is 7.27. The van der Waals surface area contributed by atoms with E-state index in [0.29, 0.717) is 5.56 Å². The molecular weight excluding hydrogens is 394 g/mol. The molecule has 1 aliphatic carbocycles. The number of fused-ring (bicyclic) bond motifs is 1. The molecule has 1 heterocycles. The topological polar surface area (TPSA) is 70.2 Å². The lowest BCUT2D eigenvalue weighted by Crippen LogP contribution is -2.35. The number of benzene rings is 1. The normalized spacial score (nSPS) is 19.5. The van der Waals surface area contributed by atoms with Crippen LogP contribution in [-0.4, -0.2) is 21.8 Å². The summed E-state index contributed by atoms with van der Waals surface area (Å²) in [7, 11) is 0. The van der Waals surface area contributed by atoms with Crippen LogP contribution in [-0.2, 0) is 22.3 Å². The lowest BCUT2D eigenvalue weighted by Gasteiger charge is -2.29. The van der Waals surface area contributed by atoms with Crippen LogP contribution in [0.15, 0.2) is 30.3 Å². The summed E-state index contributed by atoms with van der Waals surface area (Å²) < 4.78 is 40.8. The Balaban J connectivity index is 2.27. The van der Waals surface area contributed by atoms with Crippen molar-refractivity contribution in [3.63, 3.8) is 0 Å². The Kier molecular flexibility index (Phi) is 4.40. The van der Waals surface area contributed by atoms with E-state index < -0.39 is 39.6 Å². The van der Waals surface area contributed by atoms with Gasteiger partial charge in [-0.1, -0.05) is 29.8 Å². The Morgan fingerprint density at radius 2 is 1.88 bits per heavy atom. The zero-order valence-corrected chi connectivity index (χ0v) is 14.3. The van der Waals surface area contributed by atoms with Crippen LogP contribution < -0.4 is 0 Å². The lowest BCUT2D eigenvalue weighted by molar-refractivity contribution is -0.139. The molecule has 0 aliphatic heterocycles. The van der Waals surface area contributed by atoms with Gasteiger partial charge in [-0.05, 0) is 23.8 Å². The first-order valence-corrected chi connectivity index (χ1v) is 8.03. The summed E-state index contributed by atoms with van der Waals surface area (Å²) in [5.41, 5.74) is -2.93. The van der Waals surface area contributed by atoms with Gasteiger partial charge in [0.25, 0.3) is 0 Å². The number of aromatic nitrogens is 1. The minimum atomic E-state index is -5.02. The Morgan fingerprint density at radius 3 is 2.46 bits per heavy atom. The minimum absolute atomic E-state index is 0.170. The molecule has 1 aliphatic rings. The number of nitrogens with one attached hydrogen (secondary N) is 1. The standard InChI is InChI=1S/C17H10Cl2F3NO3/c18-9-4-2-1-3-8(9)7-16(19)11(24)6-5-10-12(16)13(17(20,21)22)14(23-10)15(25)26/h1-6,23H,7H2,(H,25,26). The van der Waals surface area contributed by atoms with Crippen molar-refractivity contribution in [2.45, 2.75) is 17.5 Å². The SMILES string of the molecule is O=C(O)c1[nH]c2c(c1C(F)(F)F)C(Cl)(Cc1ccccc1Cl)C(=O)C=C2. The second-order valence-electron chi connectivity index (χ2n) is 5.73. The van der Waals surface area contributed by atoms with E-state index in [2.05, 4.69) is 4.98 Å². The Morgan fingerprint density at radius 1 is 1.23 bits per heavy atom. The fourth-order valence-electron chi connectivity index (χ4n) is 2.99. The number of aromatic carboxylic acids is 1. The van der Waals surface area contributed by atoms with Crippen LogP contribution in [0, 0.1) is 0 Å². The van der Waals surface area contributed by atoms with Crippen LogP contribution in [0.25, 0.3) is 6.08 Å². The number of carbonyl (C=O) groups excluding carboxylic acids is 1. The monoisotopic (exact) mass is 403 g/mol. The second kappa shape index (κ2) is 6.17. The van der Waals surface area contributed by atoms with Crippen molar-refractivity contribution in [1.82, 2.24) is 4.98 Å². The molecular formula is C17H10Cl2F3NO3. The number of halogens is 5. The van der Waals surface area contributed by atoms with E-state index in [0.717, 1.165) is 12.2 Å². The van der Waals surface area contributed by atoms with Gasteiger partial charge in [0.2, 0.25) is 0 Å². The van der Waals surface area contributed by atoms with Crippen LogP contribution in [0.2, 0.25) is 5.02 Å². The van der Waals surface area contributed by atoms with E-state index in [1.165, 1.54) is 12.1 Å². The molecule has 136 valence electrons. The molecule has 26 heavy (non-hydrogen) atoms. The van der Waals surface area contributed by atoms with Crippen LogP contribution in [0.1, 0.15) is 32.9 Å². The molecule has 2 N–H and O–H groups in total. The number of hydrogen-bond donors (Lipinski definition) is 2. The summed E-state index contributed by atoms with van der Waals surface area (Å²) in [6.07, 6.45) is -3.24. The fraction of sp³-hybridized carbons (Fsp3) is 0.176. The quantitative estimate of drug-likeness (QED) is 0.732. The molecule has 0 spiro atoms. The van der Waals surface area contributed by atoms with E-state index in [-0.39, 0.29) is 17.1 Å². The molecule has 3 rings (SSSR count). The van der Waals surface area contributed by atoms with E-state index in [1.807, 2.05) is 0 Å². The highest BCUT2D eigenvalue weighted by Gasteiger charge is 2.51. The summed E-state index contributed by atoms with van der Waals surface area (Å²) >= 11 is 12.5. The molecule has 0 saturated carbocycles. The molecule has 9 heteroatoms. The molecule has 0 radical (unpaired) electrons. The number of aromatic amines is 1. The number of allylic oxidation sites excluding steroid dienone is 1. The molecule has 2 aromatic rings. The zero-order valence-electron chi connectivity index (χ0n) is 12.8. The third kappa shape index (κ3) is 2.91. The van der Waals surface area contributed by atoms with Gasteiger partial charge in [-0.15, -0.1) is 11.6 Å². The first kappa shape index (κ1) is 18.5. The van der Waals surface area contributed by atoms with Crippen LogP contribution in [0.4, 0.5) is 13.2 Å². The Labute approximate surface area is 155 Å². The van der Waals surface area contributed by atoms with Gasteiger partial charge in [0.05, 0.1) is 5.56 Å². The van der Waals surface area contributed by atoms with E-state index in [4.69, 9.17) is 28.3 Å². The number of H-pyrrole nitrogens is 1. The first-order chi connectivity index (χ1) is 12.1. The second-order valence-corrected chi connectivity index (χ2v) is 6.79. The smallest absolute Gasteiger partial charge is 0.419 e. The average Bonchev–Trinajstić information content (AvgIpc) is 2.95. The number of carboxylic acid groups (broad SMARTS) is 1. The molecule has 4 nitrogen and oxygen atoms in total.